The van der Waals surface area contributed by atoms with E-state index in [1.165, 1.54) is 15.1 Å². The number of hydrogen-bond acceptors (Lipinski definition) is 6. The number of nitrogens with zero attached hydrogens (tertiary/aromatic N) is 5. The van der Waals surface area contributed by atoms with Crippen LogP contribution in [0.5, 0.6) is 0 Å². The Morgan fingerprint density at radius 2 is 1.93 bits per heavy atom. The molecule has 1 atom stereocenters. The zero-order chi connectivity index (χ0) is 20.1. The van der Waals surface area contributed by atoms with E-state index in [0.29, 0.717) is 32.6 Å². The molecule has 8 nitrogen and oxygen atoms in total. The highest BCUT2D eigenvalue weighted by Crippen LogP contribution is 2.32. The summed E-state index contributed by atoms with van der Waals surface area (Å²) in [5, 5.41) is 7.01. The van der Waals surface area contributed by atoms with Gasteiger partial charge in [0.05, 0.1) is 16.6 Å². The van der Waals surface area contributed by atoms with Crippen LogP contribution in [-0.4, -0.2) is 64.5 Å². The number of thiazole rings is 1. The molecule has 2 aliphatic rings. The van der Waals surface area contributed by atoms with Gasteiger partial charge in [0.15, 0.2) is 5.03 Å². The second-order valence-corrected chi connectivity index (χ2v) is 10.2. The van der Waals surface area contributed by atoms with Gasteiger partial charge in [0.1, 0.15) is 0 Å². The first-order valence-corrected chi connectivity index (χ1v) is 11.5. The highest BCUT2D eigenvalue weighted by Gasteiger charge is 2.39. The lowest BCUT2D eigenvalue weighted by Gasteiger charge is -2.25. The first kappa shape index (κ1) is 19.3. The Labute approximate surface area is 168 Å². The number of hydrogen-bond donors (Lipinski definition) is 0. The average Bonchev–Trinajstić information content (AvgIpc) is 3.38. The average molecular weight is 422 g/mol. The van der Waals surface area contributed by atoms with Crippen LogP contribution in [0.3, 0.4) is 0 Å². The number of sulfonamides is 1. The van der Waals surface area contributed by atoms with Gasteiger partial charge in [-0.15, -0.1) is 11.3 Å². The van der Waals surface area contributed by atoms with Gasteiger partial charge < -0.3 is 4.90 Å². The van der Waals surface area contributed by atoms with Gasteiger partial charge >= 0.3 is 0 Å². The fraction of sp³-hybridized carbons (Fsp3) is 0.500. The molecule has 4 rings (SSSR count). The third kappa shape index (κ3) is 3.29. The maximum absolute atomic E-state index is 13.0. The van der Waals surface area contributed by atoms with Crippen LogP contribution in [0.1, 0.15) is 30.0 Å². The molecule has 2 aliphatic heterocycles. The van der Waals surface area contributed by atoms with Crippen LogP contribution in [-0.2, 0) is 21.9 Å². The minimum absolute atomic E-state index is 0.0639. The van der Waals surface area contributed by atoms with Gasteiger partial charge in [0.25, 0.3) is 10.0 Å². The Balaban J connectivity index is 1.43. The van der Waals surface area contributed by atoms with Gasteiger partial charge in [-0.3, -0.25) is 9.48 Å². The van der Waals surface area contributed by atoms with E-state index in [4.69, 9.17) is 0 Å². The molecule has 0 aromatic carbocycles. The molecule has 0 fully saturated rings. The van der Waals surface area contributed by atoms with Gasteiger partial charge in [-0.1, -0.05) is 6.92 Å². The quantitative estimate of drug-likeness (QED) is 0.683. The monoisotopic (exact) mass is 421 g/mol. The van der Waals surface area contributed by atoms with Crippen LogP contribution in [0, 0.1) is 6.92 Å². The fourth-order valence-corrected chi connectivity index (χ4v) is 5.85. The molecule has 2 aromatic heterocycles. The molecular formula is C18H23N5O3S2. The molecule has 0 unspecified atom stereocenters. The smallest absolute Gasteiger partial charge is 0.262 e. The third-order valence-corrected chi connectivity index (χ3v) is 7.78. The topological polar surface area (TPSA) is 88.4 Å². The van der Waals surface area contributed by atoms with Crippen LogP contribution >= 0.6 is 11.3 Å². The lowest BCUT2D eigenvalue weighted by Crippen LogP contribution is -2.38. The maximum Gasteiger partial charge on any atom is 0.262 e. The Kier molecular flexibility index (Phi) is 4.88. The predicted molar refractivity (Wildman–Crippen MR) is 105 cm³/mol. The van der Waals surface area contributed by atoms with E-state index in [9.17, 15) is 13.2 Å². The van der Waals surface area contributed by atoms with Crippen LogP contribution in [0.2, 0.25) is 0 Å². The molecule has 0 radical (unpaired) electrons. The summed E-state index contributed by atoms with van der Waals surface area (Å²) in [7, 11) is -1.92. The number of rotatable bonds is 5. The maximum atomic E-state index is 13.0. The minimum atomic E-state index is -3.61. The summed E-state index contributed by atoms with van der Waals surface area (Å²) >= 11 is 1.55. The summed E-state index contributed by atoms with van der Waals surface area (Å²) in [5.41, 5.74) is 2.88. The van der Waals surface area contributed by atoms with Gasteiger partial charge in [-0.2, -0.15) is 9.40 Å². The summed E-state index contributed by atoms with van der Waals surface area (Å²) in [6.07, 6.45) is 2.32. The molecule has 0 N–H and O–H groups in total. The zero-order valence-corrected chi connectivity index (χ0v) is 17.8. The number of aryl methyl sites for hydroxylation is 2. The Morgan fingerprint density at radius 3 is 2.43 bits per heavy atom. The molecule has 1 amide bonds. The van der Waals surface area contributed by atoms with E-state index in [1.807, 2.05) is 24.1 Å². The van der Waals surface area contributed by atoms with Gasteiger partial charge in [0, 0.05) is 44.8 Å². The van der Waals surface area contributed by atoms with Gasteiger partial charge in [0.2, 0.25) is 5.91 Å². The third-order valence-electron chi connectivity index (χ3n) is 5.30. The van der Waals surface area contributed by atoms with Crippen molar-refractivity contribution in [3.8, 4) is 0 Å². The second-order valence-electron chi connectivity index (χ2n) is 7.25. The van der Waals surface area contributed by atoms with E-state index < -0.39 is 10.0 Å². The van der Waals surface area contributed by atoms with Crippen molar-refractivity contribution in [3.63, 3.8) is 0 Å². The lowest BCUT2D eigenvalue weighted by atomic mass is 10.0. The number of carbonyl (C=O) groups is 1. The SMILES string of the molecule is CC[C@H](C(=O)N1CC2=C(C1)CN(S(=O)(=O)c1ccn(C)n1)C2)c1csc(C)n1. The molecule has 150 valence electrons. The molecule has 28 heavy (non-hydrogen) atoms. The van der Waals surface area contributed by atoms with Crippen LogP contribution in [0.25, 0.3) is 0 Å². The summed E-state index contributed by atoms with van der Waals surface area (Å²) in [6, 6.07) is 1.51. The van der Waals surface area contributed by atoms with E-state index in [2.05, 4.69) is 10.1 Å². The lowest BCUT2D eigenvalue weighted by molar-refractivity contribution is -0.131. The number of amides is 1. The zero-order valence-electron chi connectivity index (χ0n) is 16.1. The van der Waals surface area contributed by atoms with Crippen molar-refractivity contribution in [2.45, 2.75) is 31.2 Å². The first-order chi connectivity index (χ1) is 13.3. The molecule has 0 saturated heterocycles. The highest BCUT2D eigenvalue weighted by molar-refractivity contribution is 7.89. The summed E-state index contributed by atoms with van der Waals surface area (Å²) < 4.78 is 28.5. The van der Waals surface area contributed by atoms with E-state index in [-0.39, 0.29) is 16.9 Å². The second kappa shape index (κ2) is 7.09. The van der Waals surface area contributed by atoms with Crippen molar-refractivity contribution in [3.05, 3.63) is 39.5 Å². The molecule has 4 heterocycles. The highest BCUT2D eigenvalue weighted by atomic mass is 32.2. The molecular weight excluding hydrogens is 398 g/mol. The molecule has 10 heteroatoms. The van der Waals surface area contributed by atoms with E-state index >= 15 is 0 Å². The van der Waals surface area contributed by atoms with Gasteiger partial charge in [-0.25, -0.2) is 13.4 Å². The molecule has 2 aromatic rings. The van der Waals surface area contributed by atoms with Crippen LogP contribution in [0.4, 0.5) is 0 Å². The van der Waals surface area contributed by atoms with Crippen molar-refractivity contribution in [1.82, 2.24) is 24.0 Å². The summed E-state index contributed by atoms with van der Waals surface area (Å²) in [5.74, 6) is -0.167. The number of carbonyl (C=O) groups excluding carboxylic acids is 1. The van der Waals surface area contributed by atoms with Gasteiger partial charge in [-0.05, 0) is 30.6 Å². The van der Waals surface area contributed by atoms with Crippen molar-refractivity contribution in [2.75, 3.05) is 26.2 Å². The molecule has 0 aliphatic carbocycles. The standard InChI is InChI=1S/C18H23N5O3S2/c1-4-15(16-11-27-12(2)19-16)18(24)22-7-13-9-23(10-14(13)8-22)28(25,26)17-5-6-21(3)20-17/h5-6,11,15H,4,7-10H2,1-3H3/t15-/m0/s1. The van der Waals surface area contributed by atoms with Crippen LogP contribution < -0.4 is 0 Å². The first-order valence-electron chi connectivity index (χ1n) is 9.20. The summed E-state index contributed by atoms with van der Waals surface area (Å²) in [4.78, 5) is 19.4. The van der Waals surface area contributed by atoms with Crippen molar-refractivity contribution in [1.29, 1.82) is 0 Å². The van der Waals surface area contributed by atoms with Crippen molar-refractivity contribution < 1.29 is 13.2 Å². The van der Waals surface area contributed by atoms with E-state index in [0.717, 1.165) is 21.8 Å². The van der Waals surface area contributed by atoms with Crippen molar-refractivity contribution in [2.24, 2.45) is 7.05 Å². The molecule has 0 saturated carbocycles. The molecule has 0 spiro atoms. The molecule has 0 bridgehead atoms. The Morgan fingerprint density at radius 1 is 1.25 bits per heavy atom. The largest absolute Gasteiger partial charge is 0.334 e. The minimum Gasteiger partial charge on any atom is -0.334 e. The normalized spacial score (nSPS) is 18.8. The fourth-order valence-electron chi connectivity index (χ4n) is 3.81. The Hall–Kier alpha value is -2.04. The number of aromatic nitrogens is 3. The summed E-state index contributed by atoms with van der Waals surface area (Å²) in [6.45, 7) is 5.56. The van der Waals surface area contributed by atoms with E-state index in [1.54, 1.807) is 24.6 Å². The predicted octanol–water partition coefficient (Wildman–Crippen LogP) is 1.52. The Bertz CT molecular complexity index is 1030. The van der Waals surface area contributed by atoms with Crippen LogP contribution in [0.15, 0.2) is 33.8 Å². The van der Waals surface area contributed by atoms with Crippen molar-refractivity contribution >= 4 is 27.3 Å².